The van der Waals surface area contributed by atoms with Crippen LogP contribution in [0.4, 0.5) is 16.2 Å². The summed E-state index contributed by atoms with van der Waals surface area (Å²) in [7, 11) is 2.04. The second-order valence-electron chi connectivity index (χ2n) is 11.0. The van der Waals surface area contributed by atoms with Crippen LogP contribution in [-0.4, -0.2) is 70.7 Å². The standard InChI is InChI=1S/C33H37N5O4/c1-22-18-38(23(2)21-39)32(40)28-17-26(35-33(41)36-29-10-6-8-25-7-4-5-9-27(25)29)11-12-30(28)42-31(22)20-37(3)19-24-13-15-34-16-14-24/h4-17,22-23,31,39H,18-21H2,1-3H3,(H2,35,36,41)/t22-,23-,31+/m0/s1. The minimum Gasteiger partial charge on any atom is -0.488 e. The number of anilines is 2. The Morgan fingerprint density at radius 1 is 1.10 bits per heavy atom. The van der Waals surface area contributed by atoms with E-state index in [2.05, 4.69) is 27.4 Å². The van der Waals surface area contributed by atoms with E-state index in [4.69, 9.17) is 4.74 Å². The van der Waals surface area contributed by atoms with E-state index in [0.29, 0.717) is 35.8 Å². The first kappa shape index (κ1) is 29.0. The van der Waals surface area contributed by atoms with E-state index in [1.165, 1.54) is 0 Å². The lowest BCUT2D eigenvalue weighted by Crippen LogP contribution is -2.49. The number of carbonyl (C=O) groups is 2. The third-order valence-corrected chi connectivity index (χ3v) is 7.65. The van der Waals surface area contributed by atoms with Crippen molar-refractivity contribution in [3.63, 3.8) is 0 Å². The van der Waals surface area contributed by atoms with E-state index in [-0.39, 0.29) is 30.6 Å². The smallest absolute Gasteiger partial charge is 0.323 e. The number of rotatable bonds is 8. The van der Waals surface area contributed by atoms with E-state index in [1.54, 1.807) is 35.5 Å². The summed E-state index contributed by atoms with van der Waals surface area (Å²) >= 11 is 0. The molecule has 1 aromatic heterocycles. The number of hydrogen-bond acceptors (Lipinski definition) is 6. The predicted octanol–water partition coefficient (Wildman–Crippen LogP) is 5.23. The van der Waals surface area contributed by atoms with Crippen molar-refractivity contribution in [2.75, 3.05) is 37.4 Å². The second kappa shape index (κ2) is 13.0. The van der Waals surface area contributed by atoms with Crippen molar-refractivity contribution >= 4 is 34.1 Å². The van der Waals surface area contributed by atoms with Crippen LogP contribution in [0, 0.1) is 5.92 Å². The zero-order valence-electron chi connectivity index (χ0n) is 24.2. The molecule has 9 heteroatoms. The number of likely N-dealkylation sites (N-methyl/N-ethyl adjacent to an activating group) is 1. The molecule has 3 N–H and O–H groups in total. The first-order valence-corrected chi connectivity index (χ1v) is 14.2. The van der Waals surface area contributed by atoms with Gasteiger partial charge in [0.05, 0.1) is 23.9 Å². The third-order valence-electron chi connectivity index (χ3n) is 7.65. The molecule has 0 fully saturated rings. The Morgan fingerprint density at radius 3 is 2.64 bits per heavy atom. The molecule has 0 bridgehead atoms. The van der Waals surface area contributed by atoms with Crippen molar-refractivity contribution in [1.82, 2.24) is 14.8 Å². The molecule has 0 unspecified atom stereocenters. The fourth-order valence-corrected chi connectivity index (χ4v) is 5.31. The summed E-state index contributed by atoms with van der Waals surface area (Å²) in [5.41, 5.74) is 2.63. The lowest BCUT2D eigenvalue weighted by atomic mass is 9.99. The minimum atomic E-state index is -0.421. The minimum absolute atomic E-state index is 0.000245. The van der Waals surface area contributed by atoms with Gasteiger partial charge in [-0.25, -0.2) is 4.79 Å². The van der Waals surface area contributed by atoms with Gasteiger partial charge in [0, 0.05) is 49.0 Å². The van der Waals surface area contributed by atoms with Gasteiger partial charge in [-0.1, -0.05) is 43.3 Å². The van der Waals surface area contributed by atoms with Gasteiger partial charge in [-0.05, 0) is 61.3 Å². The topological polar surface area (TPSA) is 107 Å². The van der Waals surface area contributed by atoms with E-state index in [1.807, 2.05) is 68.6 Å². The first-order valence-electron chi connectivity index (χ1n) is 14.2. The van der Waals surface area contributed by atoms with Crippen LogP contribution in [0.5, 0.6) is 5.75 Å². The Kier molecular flexibility index (Phi) is 9.00. The Hall–Kier alpha value is -4.47. The van der Waals surface area contributed by atoms with Crippen LogP contribution in [0.25, 0.3) is 10.8 Å². The zero-order chi connectivity index (χ0) is 29.6. The summed E-state index contributed by atoms with van der Waals surface area (Å²) in [6.07, 6.45) is 3.34. The maximum absolute atomic E-state index is 13.8. The van der Waals surface area contributed by atoms with Crippen LogP contribution in [-0.2, 0) is 6.54 Å². The molecule has 0 aliphatic carbocycles. The van der Waals surface area contributed by atoms with Crippen molar-refractivity contribution in [1.29, 1.82) is 0 Å². The number of pyridine rings is 1. The molecule has 0 saturated carbocycles. The molecule has 42 heavy (non-hydrogen) atoms. The van der Waals surface area contributed by atoms with Gasteiger partial charge in [-0.2, -0.15) is 0 Å². The number of aromatic nitrogens is 1. The van der Waals surface area contributed by atoms with Crippen molar-refractivity contribution in [2.24, 2.45) is 5.92 Å². The molecule has 218 valence electrons. The average Bonchev–Trinajstić information content (AvgIpc) is 2.99. The maximum Gasteiger partial charge on any atom is 0.323 e. The number of nitrogens with zero attached hydrogens (tertiary/aromatic N) is 3. The van der Waals surface area contributed by atoms with E-state index in [9.17, 15) is 14.7 Å². The van der Waals surface area contributed by atoms with Crippen LogP contribution in [0.2, 0.25) is 0 Å². The highest BCUT2D eigenvalue weighted by Gasteiger charge is 2.33. The predicted molar refractivity (Wildman–Crippen MR) is 165 cm³/mol. The average molecular weight is 568 g/mol. The van der Waals surface area contributed by atoms with Crippen LogP contribution >= 0.6 is 0 Å². The highest BCUT2D eigenvalue weighted by Crippen LogP contribution is 2.31. The second-order valence-corrected chi connectivity index (χ2v) is 11.0. The Labute approximate surface area is 246 Å². The Balaban J connectivity index is 1.37. The summed E-state index contributed by atoms with van der Waals surface area (Å²) < 4.78 is 6.50. The number of amides is 3. The SMILES string of the molecule is C[C@H]1CN([C@@H](C)CO)C(=O)c2cc(NC(=O)Nc3cccc4ccccc34)ccc2O[C@@H]1CN(C)Cc1ccncc1. The molecule has 5 rings (SSSR count). The van der Waals surface area contributed by atoms with Crippen molar-refractivity contribution in [3.05, 3.63) is 96.3 Å². The van der Waals surface area contributed by atoms with Crippen LogP contribution in [0.1, 0.15) is 29.8 Å². The van der Waals surface area contributed by atoms with Crippen molar-refractivity contribution in [3.8, 4) is 5.75 Å². The quantitative estimate of drug-likeness (QED) is 0.269. The number of urea groups is 1. The molecule has 3 amide bonds. The molecule has 4 aromatic rings. The van der Waals surface area contributed by atoms with Gasteiger partial charge in [-0.3, -0.25) is 14.7 Å². The summed E-state index contributed by atoms with van der Waals surface area (Å²) in [4.78, 5) is 34.7. The lowest BCUT2D eigenvalue weighted by molar-refractivity contribution is 0.0341. The molecule has 9 nitrogen and oxygen atoms in total. The molecule has 3 atom stereocenters. The van der Waals surface area contributed by atoms with Gasteiger partial charge in [-0.15, -0.1) is 0 Å². The maximum atomic E-state index is 13.8. The Morgan fingerprint density at radius 2 is 1.86 bits per heavy atom. The zero-order valence-corrected chi connectivity index (χ0v) is 24.2. The van der Waals surface area contributed by atoms with Crippen molar-refractivity contribution in [2.45, 2.75) is 32.5 Å². The molecule has 1 aliphatic heterocycles. The molecule has 0 spiro atoms. The van der Waals surface area contributed by atoms with Crippen molar-refractivity contribution < 1.29 is 19.4 Å². The largest absolute Gasteiger partial charge is 0.488 e. The van der Waals surface area contributed by atoms with Crippen LogP contribution in [0.3, 0.4) is 0 Å². The lowest BCUT2D eigenvalue weighted by Gasteiger charge is -2.38. The van der Waals surface area contributed by atoms with Gasteiger partial charge in [0.1, 0.15) is 11.9 Å². The fourth-order valence-electron chi connectivity index (χ4n) is 5.31. The Bertz CT molecular complexity index is 1540. The first-order chi connectivity index (χ1) is 20.3. The molecule has 0 radical (unpaired) electrons. The van der Waals surface area contributed by atoms with E-state index < -0.39 is 6.03 Å². The molecule has 3 aromatic carbocycles. The number of hydrogen-bond donors (Lipinski definition) is 3. The summed E-state index contributed by atoms with van der Waals surface area (Å²) in [6, 6.07) is 21.8. The summed E-state index contributed by atoms with van der Waals surface area (Å²) in [6.45, 7) is 5.52. The van der Waals surface area contributed by atoms with Gasteiger partial charge in [0.2, 0.25) is 0 Å². The third kappa shape index (κ3) is 6.70. The fraction of sp³-hybridized carbons (Fsp3) is 0.303. The molecule has 2 heterocycles. The van der Waals surface area contributed by atoms with E-state index in [0.717, 1.165) is 22.9 Å². The number of aliphatic hydroxyl groups excluding tert-OH is 1. The number of ether oxygens (including phenoxy) is 1. The normalized spacial score (nSPS) is 17.6. The highest BCUT2D eigenvalue weighted by molar-refractivity contribution is 6.07. The monoisotopic (exact) mass is 567 g/mol. The summed E-state index contributed by atoms with van der Waals surface area (Å²) in [5, 5.41) is 17.7. The highest BCUT2D eigenvalue weighted by atomic mass is 16.5. The molecular weight excluding hydrogens is 530 g/mol. The van der Waals surface area contributed by atoms with Gasteiger partial charge in [0.25, 0.3) is 5.91 Å². The molecular formula is C33H37N5O4. The van der Waals surface area contributed by atoms with Gasteiger partial charge in [0.15, 0.2) is 0 Å². The number of aliphatic hydroxyl groups is 1. The van der Waals surface area contributed by atoms with Crippen LogP contribution in [0.15, 0.2) is 85.2 Å². The van der Waals surface area contributed by atoms with Gasteiger partial charge >= 0.3 is 6.03 Å². The number of nitrogens with one attached hydrogen (secondary N) is 2. The van der Waals surface area contributed by atoms with E-state index >= 15 is 0 Å². The van der Waals surface area contributed by atoms with Crippen LogP contribution < -0.4 is 15.4 Å². The number of carbonyl (C=O) groups excluding carboxylic acids is 2. The molecule has 1 aliphatic rings. The number of fused-ring (bicyclic) bond motifs is 2. The summed E-state index contributed by atoms with van der Waals surface area (Å²) in [5.74, 6) is 0.198. The molecule has 0 saturated heterocycles. The number of benzene rings is 3. The van der Waals surface area contributed by atoms with Gasteiger partial charge < -0.3 is 25.4 Å².